The monoisotopic (exact) mass is 454 g/mol. The van der Waals surface area contributed by atoms with Gasteiger partial charge in [-0.2, -0.15) is 0 Å². The van der Waals surface area contributed by atoms with E-state index in [1.807, 2.05) is 36.4 Å². The van der Waals surface area contributed by atoms with Crippen LogP contribution in [-0.2, 0) is 15.8 Å². The van der Waals surface area contributed by atoms with Crippen LogP contribution < -0.4 is 9.47 Å². The fourth-order valence-corrected chi connectivity index (χ4v) is 4.76. The first-order valence-electron chi connectivity index (χ1n) is 11.4. The Morgan fingerprint density at radius 3 is 2.44 bits per heavy atom. The summed E-state index contributed by atoms with van der Waals surface area (Å²) < 4.78 is 24.5. The Morgan fingerprint density at radius 1 is 1.09 bits per heavy atom. The van der Waals surface area contributed by atoms with Crippen LogP contribution in [0.2, 0.25) is 18.1 Å². The maximum absolute atomic E-state index is 6.58. The fraction of sp³-hybridized carbons (Fsp3) is 0.481. The van der Waals surface area contributed by atoms with Crippen molar-refractivity contribution in [1.29, 1.82) is 0 Å². The summed E-state index contributed by atoms with van der Waals surface area (Å²) in [6.07, 6.45) is 1.95. The van der Waals surface area contributed by atoms with Crippen molar-refractivity contribution in [1.82, 2.24) is 0 Å². The summed E-state index contributed by atoms with van der Waals surface area (Å²) in [7, 11) is -0.174. The van der Waals surface area contributed by atoms with Crippen molar-refractivity contribution in [3.63, 3.8) is 0 Å². The van der Waals surface area contributed by atoms with Gasteiger partial charge in [-0.25, -0.2) is 0 Å². The van der Waals surface area contributed by atoms with Crippen molar-refractivity contribution in [3.8, 4) is 11.5 Å². The molecule has 1 saturated heterocycles. The van der Waals surface area contributed by atoms with Gasteiger partial charge in [0.05, 0.1) is 19.8 Å². The minimum absolute atomic E-state index is 0.0557. The molecule has 0 N–H and O–H groups in total. The highest BCUT2D eigenvalue weighted by molar-refractivity contribution is 6.74. The number of hydrogen-bond acceptors (Lipinski definition) is 4. The number of benzene rings is 2. The predicted octanol–water partition coefficient (Wildman–Crippen LogP) is 6.79. The van der Waals surface area contributed by atoms with Crippen molar-refractivity contribution in [3.05, 3.63) is 72.3 Å². The molecular weight excluding hydrogens is 416 g/mol. The highest BCUT2D eigenvalue weighted by atomic mass is 28.4. The first kappa shape index (κ1) is 24.6. The smallest absolute Gasteiger partial charge is 0.191 e. The van der Waals surface area contributed by atoms with E-state index in [1.54, 1.807) is 7.11 Å². The highest BCUT2D eigenvalue weighted by Crippen LogP contribution is 2.44. The van der Waals surface area contributed by atoms with Crippen LogP contribution in [0.3, 0.4) is 0 Å². The molecular formula is C27H38O4Si. The Balaban J connectivity index is 1.76. The SMILES string of the molecule is C=C[C@H]1CO[C@H](c2ccc(OCc3ccccc3)c(OC)c2)[C@H]1CO[Si](C)(C)C(C)(C)C. The van der Waals surface area contributed by atoms with Crippen molar-refractivity contribution in [2.24, 2.45) is 11.8 Å². The van der Waals surface area contributed by atoms with Crippen LogP contribution in [0.4, 0.5) is 0 Å². The molecule has 0 unspecified atom stereocenters. The van der Waals surface area contributed by atoms with Crippen molar-refractivity contribution < 1.29 is 18.6 Å². The summed E-state index contributed by atoms with van der Waals surface area (Å²) in [4.78, 5) is 0. The van der Waals surface area contributed by atoms with Crippen molar-refractivity contribution >= 4 is 8.32 Å². The Morgan fingerprint density at radius 2 is 1.81 bits per heavy atom. The molecule has 4 nitrogen and oxygen atoms in total. The van der Waals surface area contributed by atoms with Gasteiger partial charge in [0.25, 0.3) is 0 Å². The third kappa shape index (κ3) is 5.63. The van der Waals surface area contributed by atoms with Gasteiger partial charge >= 0.3 is 0 Å². The molecule has 0 bridgehead atoms. The molecule has 174 valence electrons. The van der Waals surface area contributed by atoms with Crippen LogP contribution >= 0.6 is 0 Å². The van der Waals surface area contributed by atoms with Crippen molar-refractivity contribution in [2.45, 2.75) is 51.6 Å². The first-order valence-corrected chi connectivity index (χ1v) is 14.3. The largest absolute Gasteiger partial charge is 0.493 e. The van der Waals surface area contributed by atoms with E-state index < -0.39 is 8.32 Å². The van der Waals surface area contributed by atoms with E-state index in [9.17, 15) is 0 Å². The fourth-order valence-electron chi connectivity index (χ4n) is 3.72. The molecule has 0 aromatic heterocycles. The second kappa shape index (κ2) is 10.2. The second-order valence-corrected chi connectivity index (χ2v) is 14.9. The second-order valence-electron chi connectivity index (χ2n) is 10.1. The quantitative estimate of drug-likeness (QED) is 0.309. The maximum atomic E-state index is 6.58. The zero-order valence-electron chi connectivity index (χ0n) is 20.4. The van der Waals surface area contributed by atoms with E-state index in [1.165, 1.54) is 0 Å². The molecule has 0 spiro atoms. The zero-order valence-corrected chi connectivity index (χ0v) is 21.4. The van der Waals surface area contributed by atoms with E-state index in [0.29, 0.717) is 25.6 Å². The van der Waals surface area contributed by atoms with E-state index in [-0.39, 0.29) is 23.0 Å². The summed E-state index contributed by atoms with van der Waals surface area (Å²) >= 11 is 0. The van der Waals surface area contributed by atoms with E-state index >= 15 is 0 Å². The topological polar surface area (TPSA) is 36.9 Å². The molecule has 0 amide bonds. The van der Waals surface area contributed by atoms with Gasteiger partial charge in [-0.3, -0.25) is 0 Å². The van der Waals surface area contributed by atoms with Gasteiger partial charge in [0.1, 0.15) is 6.61 Å². The standard InChI is InChI=1S/C27H38O4Si/c1-8-21-18-30-26(23(21)19-31-32(6,7)27(2,3)4)22-14-15-24(25(16-22)28-5)29-17-20-12-10-9-11-13-20/h8-16,21,23,26H,1,17-19H2,2-7H3/t21-,23-,26+/m0/s1. The minimum Gasteiger partial charge on any atom is -0.493 e. The molecule has 0 radical (unpaired) electrons. The van der Waals surface area contributed by atoms with Crippen LogP contribution in [0.1, 0.15) is 38.0 Å². The number of ether oxygens (including phenoxy) is 3. The average Bonchev–Trinajstić information content (AvgIpc) is 3.19. The summed E-state index contributed by atoms with van der Waals surface area (Å²) in [5.74, 6) is 1.94. The lowest BCUT2D eigenvalue weighted by Crippen LogP contribution is -2.42. The van der Waals surface area contributed by atoms with Crippen molar-refractivity contribution in [2.75, 3.05) is 20.3 Å². The normalized spacial score (nSPS) is 21.4. The molecule has 2 aromatic carbocycles. The van der Waals surface area contributed by atoms with Crippen LogP contribution in [-0.4, -0.2) is 28.6 Å². The maximum Gasteiger partial charge on any atom is 0.191 e. The summed E-state index contributed by atoms with van der Waals surface area (Å²) in [5.41, 5.74) is 2.21. The molecule has 1 heterocycles. The Kier molecular flexibility index (Phi) is 7.86. The van der Waals surface area contributed by atoms with E-state index in [2.05, 4.69) is 58.6 Å². The van der Waals surface area contributed by atoms with E-state index in [4.69, 9.17) is 18.6 Å². The molecule has 2 aromatic rings. The van der Waals surface area contributed by atoms with Crippen LogP contribution in [0.25, 0.3) is 0 Å². The minimum atomic E-state index is -1.85. The summed E-state index contributed by atoms with van der Waals surface area (Å²) in [5, 5.41) is 0.173. The molecule has 5 heteroatoms. The van der Waals surface area contributed by atoms with Crippen LogP contribution in [0.5, 0.6) is 11.5 Å². The lowest BCUT2D eigenvalue weighted by atomic mass is 9.88. The van der Waals surface area contributed by atoms with Gasteiger partial charge in [0.2, 0.25) is 0 Å². The first-order chi connectivity index (χ1) is 15.2. The lowest BCUT2D eigenvalue weighted by molar-refractivity contribution is 0.0735. The predicted molar refractivity (Wildman–Crippen MR) is 133 cm³/mol. The third-order valence-electron chi connectivity index (χ3n) is 6.91. The van der Waals surface area contributed by atoms with Gasteiger partial charge in [-0.1, -0.05) is 63.2 Å². The summed E-state index contributed by atoms with van der Waals surface area (Å²) in [6.45, 7) is 17.3. The molecule has 32 heavy (non-hydrogen) atoms. The summed E-state index contributed by atoms with van der Waals surface area (Å²) in [6, 6.07) is 16.2. The number of methoxy groups -OCH3 is 1. The van der Waals surface area contributed by atoms with Gasteiger partial charge in [0.15, 0.2) is 19.8 Å². The average molecular weight is 455 g/mol. The molecule has 3 rings (SSSR count). The van der Waals surface area contributed by atoms with Gasteiger partial charge in [-0.05, 0) is 41.4 Å². The Hall–Kier alpha value is -2.08. The van der Waals surface area contributed by atoms with Gasteiger partial charge in [-0.15, -0.1) is 6.58 Å². The van der Waals surface area contributed by atoms with Crippen LogP contribution in [0.15, 0.2) is 61.2 Å². The molecule has 0 saturated carbocycles. The number of hydrogen-bond donors (Lipinski definition) is 0. The Labute approximate surface area is 194 Å². The lowest BCUT2D eigenvalue weighted by Gasteiger charge is -2.38. The van der Waals surface area contributed by atoms with Gasteiger partial charge < -0.3 is 18.6 Å². The molecule has 3 atom stereocenters. The molecule has 1 fully saturated rings. The van der Waals surface area contributed by atoms with Gasteiger partial charge in [0, 0.05) is 18.4 Å². The third-order valence-corrected chi connectivity index (χ3v) is 11.4. The Bertz CT molecular complexity index is 888. The number of rotatable bonds is 9. The molecule has 0 aliphatic carbocycles. The van der Waals surface area contributed by atoms with E-state index in [0.717, 1.165) is 16.9 Å². The van der Waals surface area contributed by atoms with Crippen LogP contribution in [0, 0.1) is 11.8 Å². The molecule has 1 aliphatic heterocycles. The molecule has 1 aliphatic rings. The zero-order chi connectivity index (χ0) is 23.4. The highest BCUT2D eigenvalue weighted by Gasteiger charge is 2.42.